The number of hydrogen-bond acceptors (Lipinski definition) is 1. The molecule has 13 heavy (non-hydrogen) atoms. The summed E-state index contributed by atoms with van der Waals surface area (Å²) in [6, 6.07) is 0. The minimum absolute atomic E-state index is 0.475. The van der Waals surface area contributed by atoms with E-state index in [4.69, 9.17) is 18.0 Å². The van der Waals surface area contributed by atoms with Crippen molar-refractivity contribution in [3.63, 3.8) is 0 Å². The molecule has 0 N–H and O–H groups in total. The van der Waals surface area contributed by atoms with Crippen LogP contribution in [-0.2, 0) is 12.8 Å². The van der Waals surface area contributed by atoms with E-state index in [1.165, 1.54) is 24.0 Å². The van der Waals surface area contributed by atoms with Crippen molar-refractivity contribution in [3.8, 4) is 12.3 Å². The molecule has 1 aliphatic rings. The number of aryl methyl sites for hydroxylation is 1. The summed E-state index contributed by atoms with van der Waals surface area (Å²) in [6.07, 6.45) is 11.8. The maximum Gasteiger partial charge on any atom is 0.144 e. The number of fused-ring (bicyclic) bond motifs is 1. The van der Waals surface area contributed by atoms with Crippen LogP contribution in [0.2, 0.25) is 5.15 Å². The summed E-state index contributed by atoms with van der Waals surface area (Å²) in [7, 11) is 0. The molecular formula is C11H10ClN. The van der Waals surface area contributed by atoms with Gasteiger partial charge >= 0.3 is 0 Å². The van der Waals surface area contributed by atoms with E-state index in [1.54, 1.807) is 0 Å². The van der Waals surface area contributed by atoms with Crippen LogP contribution >= 0.6 is 11.6 Å². The van der Waals surface area contributed by atoms with Crippen molar-refractivity contribution in [3.05, 3.63) is 28.0 Å². The molecule has 0 unspecified atom stereocenters. The molecule has 0 saturated carbocycles. The van der Waals surface area contributed by atoms with Gasteiger partial charge in [0.1, 0.15) is 5.15 Å². The number of nitrogens with zero attached hydrogens (tertiary/aromatic N) is 1. The number of pyridine rings is 1. The van der Waals surface area contributed by atoms with Gasteiger partial charge in [-0.1, -0.05) is 17.5 Å². The Morgan fingerprint density at radius 1 is 1.38 bits per heavy atom. The van der Waals surface area contributed by atoms with E-state index in [1.807, 2.05) is 6.20 Å². The third-order valence-corrected chi connectivity index (χ3v) is 2.78. The van der Waals surface area contributed by atoms with Gasteiger partial charge in [-0.25, -0.2) is 4.98 Å². The first-order chi connectivity index (χ1) is 6.33. The summed E-state index contributed by atoms with van der Waals surface area (Å²) < 4.78 is 0. The van der Waals surface area contributed by atoms with Crippen LogP contribution < -0.4 is 0 Å². The van der Waals surface area contributed by atoms with Crippen LogP contribution in [0.15, 0.2) is 6.20 Å². The van der Waals surface area contributed by atoms with Crippen LogP contribution in [-0.4, -0.2) is 4.98 Å². The fourth-order valence-electron chi connectivity index (χ4n) is 1.83. The van der Waals surface area contributed by atoms with Gasteiger partial charge in [0.2, 0.25) is 0 Å². The molecule has 2 heteroatoms. The molecule has 0 fully saturated rings. The monoisotopic (exact) mass is 191 g/mol. The van der Waals surface area contributed by atoms with Crippen molar-refractivity contribution < 1.29 is 0 Å². The van der Waals surface area contributed by atoms with Gasteiger partial charge in [0.25, 0.3) is 0 Å². The second kappa shape index (κ2) is 3.40. The highest BCUT2D eigenvalue weighted by molar-refractivity contribution is 6.30. The number of hydrogen-bond donors (Lipinski definition) is 0. The summed E-state index contributed by atoms with van der Waals surface area (Å²) in [4.78, 5) is 4.09. The van der Waals surface area contributed by atoms with Gasteiger partial charge in [0.05, 0.1) is 5.56 Å². The number of terminal acetylenes is 1. The Bertz CT molecular complexity index is 376. The van der Waals surface area contributed by atoms with Crippen LogP contribution in [0.4, 0.5) is 0 Å². The van der Waals surface area contributed by atoms with Crippen LogP contribution in [0.5, 0.6) is 0 Å². The summed E-state index contributed by atoms with van der Waals surface area (Å²) >= 11 is 5.91. The minimum Gasteiger partial charge on any atom is -0.243 e. The van der Waals surface area contributed by atoms with E-state index in [0.717, 1.165) is 18.4 Å². The molecule has 0 bridgehead atoms. The zero-order chi connectivity index (χ0) is 9.26. The molecule has 2 rings (SSSR count). The van der Waals surface area contributed by atoms with Crippen molar-refractivity contribution in [2.45, 2.75) is 25.7 Å². The van der Waals surface area contributed by atoms with Gasteiger partial charge in [-0.15, -0.1) is 6.42 Å². The van der Waals surface area contributed by atoms with Crippen LogP contribution in [0.25, 0.3) is 0 Å². The molecule has 0 radical (unpaired) electrons. The first-order valence-corrected chi connectivity index (χ1v) is 4.83. The maximum atomic E-state index is 5.91. The first kappa shape index (κ1) is 8.59. The van der Waals surface area contributed by atoms with Crippen LogP contribution in [0.1, 0.15) is 29.5 Å². The fourth-order valence-corrected chi connectivity index (χ4v) is 2.04. The highest BCUT2D eigenvalue weighted by atomic mass is 35.5. The quantitative estimate of drug-likeness (QED) is 0.454. The van der Waals surface area contributed by atoms with Crippen LogP contribution in [0.3, 0.4) is 0 Å². The van der Waals surface area contributed by atoms with Gasteiger partial charge in [0.15, 0.2) is 0 Å². The lowest BCUT2D eigenvalue weighted by Gasteiger charge is -2.16. The molecule has 1 aromatic rings. The summed E-state index contributed by atoms with van der Waals surface area (Å²) in [5.41, 5.74) is 3.33. The Balaban J connectivity index is 2.60. The molecule has 66 valence electrons. The third kappa shape index (κ3) is 1.43. The highest BCUT2D eigenvalue weighted by Crippen LogP contribution is 2.26. The average molecular weight is 192 g/mol. The average Bonchev–Trinajstić information content (AvgIpc) is 2.18. The second-order valence-electron chi connectivity index (χ2n) is 3.28. The molecule has 1 aliphatic carbocycles. The van der Waals surface area contributed by atoms with Crippen LogP contribution in [0, 0.1) is 12.3 Å². The Hall–Kier alpha value is -1.00. The molecule has 0 atom stereocenters. The number of halogens is 1. The summed E-state index contributed by atoms with van der Waals surface area (Å²) in [6.45, 7) is 0. The molecule has 0 spiro atoms. The topological polar surface area (TPSA) is 12.9 Å². The summed E-state index contributed by atoms with van der Waals surface area (Å²) in [5, 5.41) is 0.475. The largest absolute Gasteiger partial charge is 0.243 e. The fraction of sp³-hybridized carbons (Fsp3) is 0.364. The summed E-state index contributed by atoms with van der Waals surface area (Å²) in [5.74, 6) is 2.63. The number of rotatable bonds is 0. The maximum absolute atomic E-state index is 5.91. The van der Waals surface area contributed by atoms with E-state index in [2.05, 4.69) is 10.9 Å². The predicted molar refractivity (Wildman–Crippen MR) is 53.8 cm³/mol. The van der Waals surface area contributed by atoms with Crippen molar-refractivity contribution in [1.29, 1.82) is 0 Å². The minimum atomic E-state index is 0.475. The van der Waals surface area contributed by atoms with Gasteiger partial charge in [-0.3, -0.25) is 0 Å². The third-order valence-electron chi connectivity index (χ3n) is 2.50. The highest BCUT2D eigenvalue weighted by Gasteiger charge is 2.15. The molecule has 0 aliphatic heterocycles. The Labute approximate surface area is 83.1 Å². The van der Waals surface area contributed by atoms with E-state index >= 15 is 0 Å². The van der Waals surface area contributed by atoms with E-state index in [0.29, 0.717) is 5.15 Å². The standard InChI is InChI=1S/C11H10ClN/c1-2-9-10-6-4-3-5-8(10)7-13-11(9)12/h1,7H,3-6H2. The lowest BCUT2D eigenvalue weighted by Crippen LogP contribution is -2.06. The molecule has 0 aromatic carbocycles. The van der Waals surface area contributed by atoms with E-state index in [-0.39, 0.29) is 0 Å². The Morgan fingerprint density at radius 3 is 2.92 bits per heavy atom. The van der Waals surface area contributed by atoms with Gasteiger partial charge < -0.3 is 0 Å². The van der Waals surface area contributed by atoms with Crippen molar-refractivity contribution in [2.75, 3.05) is 0 Å². The SMILES string of the molecule is C#Cc1c(Cl)ncc2c1CCCC2. The lowest BCUT2D eigenvalue weighted by molar-refractivity contribution is 0.681. The van der Waals surface area contributed by atoms with E-state index in [9.17, 15) is 0 Å². The van der Waals surface area contributed by atoms with Crippen molar-refractivity contribution in [1.82, 2.24) is 4.98 Å². The molecular weight excluding hydrogens is 182 g/mol. The van der Waals surface area contributed by atoms with Gasteiger partial charge in [-0.05, 0) is 36.8 Å². The first-order valence-electron chi connectivity index (χ1n) is 4.46. The van der Waals surface area contributed by atoms with Crippen molar-refractivity contribution in [2.24, 2.45) is 0 Å². The van der Waals surface area contributed by atoms with Gasteiger partial charge in [0, 0.05) is 6.20 Å². The predicted octanol–water partition coefficient (Wildman–Crippen LogP) is 2.60. The molecule has 1 aromatic heterocycles. The van der Waals surface area contributed by atoms with E-state index < -0.39 is 0 Å². The molecule has 1 heterocycles. The molecule has 0 amide bonds. The molecule has 1 nitrogen and oxygen atoms in total. The zero-order valence-electron chi connectivity index (χ0n) is 7.31. The Kier molecular flexibility index (Phi) is 2.24. The van der Waals surface area contributed by atoms with Gasteiger partial charge in [-0.2, -0.15) is 0 Å². The van der Waals surface area contributed by atoms with Crippen molar-refractivity contribution >= 4 is 11.6 Å². The molecule has 0 saturated heterocycles. The smallest absolute Gasteiger partial charge is 0.144 e. The zero-order valence-corrected chi connectivity index (χ0v) is 8.06. The normalized spacial score (nSPS) is 14.8. The lowest BCUT2D eigenvalue weighted by atomic mass is 9.90. The number of aromatic nitrogens is 1. The Morgan fingerprint density at radius 2 is 2.15 bits per heavy atom. The second-order valence-corrected chi connectivity index (χ2v) is 3.64.